The van der Waals surface area contributed by atoms with Crippen molar-refractivity contribution in [1.82, 2.24) is 5.32 Å². The van der Waals surface area contributed by atoms with E-state index >= 15 is 0 Å². The number of nitrogens with one attached hydrogen (secondary N) is 1. The van der Waals surface area contributed by atoms with E-state index in [0.29, 0.717) is 17.4 Å². The minimum Gasteiger partial charge on any atom is -0.756 e. The Labute approximate surface area is 415 Å². The number of aliphatic hydroxyl groups excluding tert-OH is 1. The van der Waals surface area contributed by atoms with Gasteiger partial charge in [0, 0.05) is 6.42 Å². The molecule has 1 amide bonds. The first-order chi connectivity index (χ1) is 32.5. The molecule has 0 spiro atoms. The molecule has 0 aliphatic carbocycles. The molecule has 392 valence electrons. The molecule has 3 atom stereocenters. The van der Waals surface area contributed by atoms with Crippen LogP contribution in [0, 0.1) is 0 Å². The average Bonchev–Trinajstić information content (AvgIpc) is 3.29. The van der Waals surface area contributed by atoms with Crippen LogP contribution in [0.15, 0.2) is 60.8 Å². The minimum atomic E-state index is -4.61. The van der Waals surface area contributed by atoms with Gasteiger partial charge in [0.15, 0.2) is 0 Å². The van der Waals surface area contributed by atoms with E-state index < -0.39 is 26.6 Å². The van der Waals surface area contributed by atoms with Crippen molar-refractivity contribution in [3.8, 4) is 0 Å². The highest BCUT2D eigenvalue weighted by molar-refractivity contribution is 7.45. The van der Waals surface area contributed by atoms with Crippen LogP contribution in [0.1, 0.15) is 251 Å². The first-order valence-electron chi connectivity index (χ1n) is 28.2. The summed E-state index contributed by atoms with van der Waals surface area (Å²) in [6, 6.07) is -0.919. The smallest absolute Gasteiger partial charge is 0.268 e. The fourth-order valence-electron chi connectivity index (χ4n) is 7.97. The second kappa shape index (κ2) is 49.2. The molecule has 0 aromatic heterocycles. The molecular formula is C58H109N2O6P. The first-order valence-corrected chi connectivity index (χ1v) is 29.6. The van der Waals surface area contributed by atoms with Gasteiger partial charge in [-0.05, 0) is 70.6 Å². The fourth-order valence-corrected chi connectivity index (χ4v) is 8.69. The molecule has 2 N–H and O–H groups in total. The van der Waals surface area contributed by atoms with Gasteiger partial charge in [-0.3, -0.25) is 9.36 Å². The third-order valence-electron chi connectivity index (χ3n) is 12.4. The SMILES string of the molecule is CCCC/C=C\C/C=C\CCCCCCCC(=O)NC(COP(=O)([O-])OCC[N+](C)(C)C)C(O)/C=C/CC/C=C/CC/C=C/CCCCCCCCCCCCCCCCCCCCCCC. The van der Waals surface area contributed by atoms with Crippen molar-refractivity contribution in [2.45, 2.75) is 264 Å². The molecule has 0 aromatic carbocycles. The monoisotopic (exact) mass is 961 g/mol. The molecule has 0 heterocycles. The third kappa shape index (κ3) is 51.9. The van der Waals surface area contributed by atoms with Gasteiger partial charge in [0.05, 0.1) is 39.9 Å². The molecular weight excluding hydrogens is 852 g/mol. The van der Waals surface area contributed by atoms with Gasteiger partial charge in [-0.15, -0.1) is 0 Å². The lowest BCUT2D eigenvalue weighted by molar-refractivity contribution is -0.870. The van der Waals surface area contributed by atoms with Crippen molar-refractivity contribution in [3.63, 3.8) is 0 Å². The Balaban J connectivity index is 4.21. The fraction of sp³-hybridized carbons (Fsp3) is 0.810. The van der Waals surface area contributed by atoms with E-state index in [-0.39, 0.29) is 12.5 Å². The predicted molar refractivity (Wildman–Crippen MR) is 288 cm³/mol. The molecule has 67 heavy (non-hydrogen) atoms. The van der Waals surface area contributed by atoms with Crippen LogP contribution in [0.4, 0.5) is 0 Å². The summed E-state index contributed by atoms with van der Waals surface area (Å²) in [5, 5.41) is 13.8. The van der Waals surface area contributed by atoms with E-state index in [1.54, 1.807) is 6.08 Å². The number of allylic oxidation sites excluding steroid dienone is 9. The van der Waals surface area contributed by atoms with Gasteiger partial charge in [0.1, 0.15) is 13.2 Å². The second-order valence-corrected chi connectivity index (χ2v) is 21.7. The Morgan fingerprint density at radius 2 is 0.896 bits per heavy atom. The minimum absolute atomic E-state index is 0.0139. The number of rotatable bonds is 51. The number of quaternary nitrogens is 1. The summed E-state index contributed by atoms with van der Waals surface area (Å²) in [5.74, 6) is -0.226. The van der Waals surface area contributed by atoms with Crippen molar-refractivity contribution in [2.24, 2.45) is 0 Å². The van der Waals surface area contributed by atoms with Crippen molar-refractivity contribution < 1.29 is 32.9 Å². The van der Waals surface area contributed by atoms with Gasteiger partial charge in [-0.1, -0.05) is 235 Å². The zero-order valence-corrected chi connectivity index (χ0v) is 45.5. The quantitative estimate of drug-likeness (QED) is 0.0272. The number of likely N-dealkylation sites (N-methyl/N-ethyl adjacent to an activating group) is 1. The zero-order chi connectivity index (χ0) is 49.2. The molecule has 0 saturated carbocycles. The van der Waals surface area contributed by atoms with E-state index in [1.165, 1.54) is 161 Å². The second-order valence-electron chi connectivity index (χ2n) is 20.3. The Morgan fingerprint density at radius 1 is 0.522 bits per heavy atom. The Morgan fingerprint density at radius 3 is 1.34 bits per heavy atom. The van der Waals surface area contributed by atoms with Crippen LogP contribution >= 0.6 is 7.82 Å². The zero-order valence-electron chi connectivity index (χ0n) is 44.6. The van der Waals surface area contributed by atoms with Crippen LogP contribution < -0.4 is 10.2 Å². The first kappa shape index (κ1) is 65.2. The van der Waals surface area contributed by atoms with Crippen molar-refractivity contribution >= 4 is 13.7 Å². The average molecular weight is 961 g/mol. The molecule has 0 saturated heterocycles. The number of nitrogens with zero attached hydrogens (tertiary/aromatic N) is 1. The predicted octanol–water partition coefficient (Wildman–Crippen LogP) is 16.3. The molecule has 9 heteroatoms. The molecule has 0 aliphatic heterocycles. The number of amides is 1. The van der Waals surface area contributed by atoms with E-state index in [0.717, 1.165) is 70.6 Å². The summed E-state index contributed by atoms with van der Waals surface area (Å²) in [7, 11) is 1.22. The highest BCUT2D eigenvalue weighted by Gasteiger charge is 2.23. The number of unbranched alkanes of at least 4 members (excludes halogenated alkanes) is 30. The molecule has 0 aliphatic rings. The summed E-state index contributed by atoms with van der Waals surface area (Å²) >= 11 is 0. The number of carbonyl (C=O) groups is 1. The summed E-state index contributed by atoms with van der Waals surface area (Å²) in [5.41, 5.74) is 0. The lowest BCUT2D eigenvalue weighted by atomic mass is 10.0. The summed E-state index contributed by atoms with van der Waals surface area (Å²) in [6.45, 7) is 4.57. The Hall–Kier alpha value is -1.80. The van der Waals surface area contributed by atoms with Crippen LogP contribution in [0.25, 0.3) is 0 Å². The summed E-state index contributed by atoms with van der Waals surface area (Å²) in [4.78, 5) is 25.4. The van der Waals surface area contributed by atoms with E-state index in [9.17, 15) is 19.4 Å². The van der Waals surface area contributed by atoms with Crippen LogP contribution in [-0.4, -0.2) is 68.5 Å². The number of hydrogen-bond acceptors (Lipinski definition) is 6. The standard InChI is InChI=1S/C58H109N2O6P/c1-6-8-10-12-14-16-18-20-22-23-24-25-26-27-28-29-30-31-32-33-34-35-36-37-38-39-41-43-45-47-49-51-57(61)56(55-66-67(63,64)65-54-53-60(3,4)5)59-58(62)52-50-48-46-44-42-40-21-19-17-15-13-11-9-7-2/h13,15,19,21,36-37,41,43,49,51,56-57,61H,6-12,14,16-18,20,22-35,38-40,42,44-48,50,52-55H2,1-5H3,(H-,59,62,63,64)/b15-13-,21-19-,37-36+,43-41+,51-49+. The van der Waals surface area contributed by atoms with Crippen molar-refractivity contribution in [2.75, 3.05) is 40.9 Å². The van der Waals surface area contributed by atoms with Crippen molar-refractivity contribution in [3.05, 3.63) is 60.8 Å². The van der Waals surface area contributed by atoms with Gasteiger partial charge in [-0.2, -0.15) is 0 Å². The van der Waals surface area contributed by atoms with Gasteiger partial charge in [0.2, 0.25) is 5.91 Å². The number of aliphatic hydroxyl groups is 1. The summed E-state index contributed by atoms with van der Waals surface area (Å²) < 4.78 is 23.3. The number of phosphoric acid groups is 1. The van der Waals surface area contributed by atoms with Crippen LogP contribution in [0.5, 0.6) is 0 Å². The maximum absolute atomic E-state index is 12.9. The van der Waals surface area contributed by atoms with Crippen LogP contribution in [0.3, 0.4) is 0 Å². The molecule has 0 aromatic rings. The maximum Gasteiger partial charge on any atom is 0.268 e. The Bertz CT molecular complexity index is 1270. The van der Waals surface area contributed by atoms with E-state index in [2.05, 4.69) is 67.8 Å². The van der Waals surface area contributed by atoms with Crippen molar-refractivity contribution in [1.29, 1.82) is 0 Å². The molecule has 8 nitrogen and oxygen atoms in total. The van der Waals surface area contributed by atoms with Crippen LogP contribution in [-0.2, 0) is 18.4 Å². The van der Waals surface area contributed by atoms with Gasteiger partial charge >= 0.3 is 0 Å². The largest absolute Gasteiger partial charge is 0.756 e. The normalized spacial score (nSPS) is 14.4. The lowest BCUT2D eigenvalue weighted by Gasteiger charge is -2.29. The highest BCUT2D eigenvalue weighted by Crippen LogP contribution is 2.38. The number of carbonyl (C=O) groups excluding carboxylic acids is 1. The van der Waals surface area contributed by atoms with E-state index in [1.807, 2.05) is 27.2 Å². The van der Waals surface area contributed by atoms with E-state index in [4.69, 9.17) is 9.05 Å². The topological polar surface area (TPSA) is 108 Å². The lowest BCUT2D eigenvalue weighted by Crippen LogP contribution is -2.45. The van der Waals surface area contributed by atoms with Gasteiger partial charge in [0.25, 0.3) is 7.82 Å². The molecule has 0 fully saturated rings. The number of phosphoric ester groups is 1. The molecule has 0 radical (unpaired) electrons. The Kier molecular flexibility index (Phi) is 47.9. The highest BCUT2D eigenvalue weighted by atomic mass is 31.2. The maximum atomic E-state index is 12.9. The molecule has 0 bridgehead atoms. The summed E-state index contributed by atoms with van der Waals surface area (Å²) in [6.07, 6.45) is 66.0. The number of hydrogen-bond donors (Lipinski definition) is 2. The molecule has 3 unspecified atom stereocenters. The molecule has 0 rings (SSSR count). The van der Waals surface area contributed by atoms with Crippen LogP contribution in [0.2, 0.25) is 0 Å². The third-order valence-corrected chi connectivity index (χ3v) is 13.4. The van der Waals surface area contributed by atoms with Gasteiger partial charge in [-0.25, -0.2) is 0 Å². The van der Waals surface area contributed by atoms with Gasteiger partial charge < -0.3 is 28.8 Å².